The Bertz CT molecular complexity index is 406. The molecule has 2 heteroatoms. The summed E-state index contributed by atoms with van der Waals surface area (Å²) in [6, 6.07) is 6.75. The Labute approximate surface area is 104 Å². The van der Waals surface area contributed by atoms with E-state index in [1.54, 1.807) is 7.11 Å². The Kier molecular flexibility index (Phi) is 5.06. The van der Waals surface area contributed by atoms with Crippen LogP contribution in [0.1, 0.15) is 37.4 Å². The monoisotopic (exact) mass is 231 g/mol. The average molecular weight is 231 g/mol. The van der Waals surface area contributed by atoms with Gasteiger partial charge in [-0.05, 0) is 26.8 Å². The molecule has 0 saturated carbocycles. The SMILES string of the molecule is C#CCC(C)NC(C)c1cc(C)ccc1OC. The van der Waals surface area contributed by atoms with Gasteiger partial charge in [-0.15, -0.1) is 12.3 Å². The Hall–Kier alpha value is -1.46. The number of methoxy groups -OCH3 is 1. The summed E-state index contributed by atoms with van der Waals surface area (Å²) in [5.74, 6) is 3.59. The number of benzene rings is 1. The van der Waals surface area contributed by atoms with Crippen LogP contribution in [0.25, 0.3) is 0 Å². The predicted molar refractivity (Wildman–Crippen MR) is 72.2 cm³/mol. The molecule has 1 aromatic rings. The molecule has 17 heavy (non-hydrogen) atoms. The van der Waals surface area contributed by atoms with Gasteiger partial charge in [0.25, 0.3) is 0 Å². The van der Waals surface area contributed by atoms with Crippen LogP contribution in [0.15, 0.2) is 18.2 Å². The third-order valence-electron chi connectivity index (χ3n) is 2.81. The highest BCUT2D eigenvalue weighted by molar-refractivity contribution is 5.38. The quantitative estimate of drug-likeness (QED) is 0.786. The smallest absolute Gasteiger partial charge is 0.123 e. The van der Waals surface area contributed by atoms with E-state index in [4.69, 9.17) is 11.2 Å². The lowest BCUT2D eigenvalue weighted by Crippen LogP contribution is -2.28. The zero-order chi connectivity index (χ0) is 12.8. The summed E-state index contributed by atoms with van der Waals surface area (Å²) in [6.45, 7) is 6.31. The molecule has 0 fully saturated rings. The van der Waals surface area contributed by atoms with E-state index in [-0.39, 0.29) is 6.04 Å². The minimum Gasteiger partial charge on any atom is -0.496 e. The van der Waals surface area contributed by atoms with E-state index in [9.17, 15) is 0 Å². The zero-order valence-corrected chi connectivity index (χ0v) is 11.1. The van der Waals surface area contributed by atoms with E-state index in [0.717, 1.165) is 12.2 Å². The van der Waals surface area contributed by atoms with Gasteiger partial charge in [-0.3, -0.25) is 0 Å². The van der Waals surface area contributed by atoms with Gasteiger partial charge in [0.15, 0.2) is 0 Å². The van der Waals surface area contributed by atoms with E-state index in [1.807, 2.05) is 6.07 Å². The van der Waals surface area contributed by atoms with Crippen LogP contribution in [0, 0.1) is 19.3 Å². The van der Waals surface area contributed by atoms with Gasteiger partial charge in [0, 0.05) is 24.1 Å². The van der Waals surface area contributed by atoms with Crippen molar-refractivity contribution in [2.24, 2.45) is 0 Å². The number of nitrogens with one attached hydrogen (secondary N) is 1. The molecular formula is C15H21NO. The van der Waals surface area contributed by atoms with Gasteiger partial charge >= 0.3 is 0 Å². The lowest BCUT2D eigenvalue weighted by molar-refractivity contribution is 0.396. The van der Waals surface area contributed by atoms with E-state index in [1.165, 1.54) is 11.1 Å². The number of terminal acetylenes is 1. The van der Waals surface area contributed by atoms with Crippen LogP contribution in [0.3, 0.4) is 0 Å². The van der Waals surface area contributed by atoms with Gasteiger partial charge in [0.05, 0.1) is 7.11 Å². The van der Waals surface area contributed by atoms with Gasteiger partial charge in [-0.2, -0.15) is 0 Å². The molecule has 0 spiro atoms. The first-order valence-corrected chi connectivity index (χ1v) is 5.92. The minimum absolute atomic E-state index is 0.230. The number of hydrogen-bond donors (Lipinski definition) is 1. The van der Waals surface area contributed by atoms with Crippen molar-refractivity contribution < 1.29 is 4.74 Å². The van der Waals surface area contributed by atoms with Gasteiger partial charge in [0.1, 0.15) is 5.75 Å². The Morgan fingerprint density at radius 2 is 2.12 bits per heavy atom. The molecule has 1 aromatic carbocycles. The number of ether oxygens (including phenoxy) is 1. The maximum Gasteiger partial charge on any atom is 0.123 e. The molecule has 2 atom stereocenters. The van der Waals surface area contributed by atoms with Crippen LogP contribution < -0.4 is 10.1 Å². The summed E-state index contributed by atoms with van der Waals surface area (Å²) in [4.78, 5) is 0. The van der Waals surface area contributed by atoms with Crippen LogP contribution in [0.2, 0.25) is 0 Å². The zero-order valence-electron chi connectivity index (χ0n) is 11.1. The Morgan fingerprint density at radius 1 is 1.41 bits per heavy atom. The van der Waals surface area contributed by atoms with Crippen molar-refractivity contribution in [3.05, 3.63) is 29.3 Å². The average Bonchev–Trinajstić information content (AvgIpc) is 2.29. The first-order valence-electron chi connectivity index (χ1n) is 5.92. The highest BCUT2D eigenvalue weighted by atomic mass is 16.5. The summed E-state index contributed by atoms with van der Waals surface area (Å²) in [6.07, 6.45) is 6.04. The second-order valence-electron chi connectivity index (χ2n) is 4.44. The second-order valence-corrected chi connectivity index (χ2v) is 4.44. The fourth-order valence-electron chi connectivity index (χ4n) is 1.94. The van der Waals surface area contributed by atoms with E-state index in [2.05, 4.69) is 44.1 Å². The van der Waals surface area contributed by atoms with Gasteiger partial charge in [0.2, 0.25) is 0 Å². The molecule has 0 aliphatic rings. The molecule has 0 aromatic heterocycles. The van der Waals surface area contributed by atoms with Crippen LogP contribution in [0.4, 0.5) is 0 Å². The topological polar surface area (TPSA) is 21.3 Å². The maximum absolute atomic E-state index is 5.38. The fraction of sp³-hybridized carbons (Fsp3) is 0.467. The summed E-state index contributed by atoms with van der Waals surface area (Å²) in [7, 11) is 1.70. The maximum atomic E-state index is 5.38. The third-order valence-corrected chi connectivity index (χ3v) is 2.81. The minimum atomic E-state index is 0.230. The van der Waals surface area contributed by atoms with Crippen molar-refractivity contribution in [2.75, 3.05) is 7.11 Å². The lowest BCUT2D eigenvalue weighted by Gasteiger charge is -2.21. The largest absolute Gasteiger partial charge is 0.496 e. The molecule has 0 radical (unpaired) electrons. The molecule has 0 aliphatic carbocycles. The number of rotatable bonds is 5. The lowest BCUT2D eigenvalue weighted by atomic mass is 10.0. The predicted octanol–water partition coefficient (Wildman–Crippen LogP) is 3.07. The van der Waals surface area contributed by atoms with E-state index < -0.39 is 0 Å². The fourth-order valence-corrected chi connectivity index (χ4v) is 1.94. The van der Waals surface area contributed by atoms with Crippen molar-refractivity contribution in [1.29, 1.82) is 0 Å². The van der Waals surface area contributed by atoms with Gasteiger partial charge < -0.3 is 10.1 Å². The van der Waals surface area contributed by atoms with Crippen LogP contribution in [0.5, 0.6) is 5.75 Å². The summed E-state index contributed by atoms with van der Waals surface area (Å²) in [5.41, 5.74) is 2.41. The van der Waals surface area contributed by atoms with E-state index >= 15 is 0 Å². The summed E-state index contributed by atoms with van der Waals surface area (Å²) in [5, 5.41) is 3.48. The molecule has 92 valence electrons. The molecule has 0 heterocycles. The number of hydrogen-bond acceptors (Lipinski definition) is 2. The van der Waals surface area contributed by atoms with Crippen molar-refractivity contribution in [3.8, 4) is 18.1 Å². The Morgan fingerprint density at radius 3 is 2.71 bits per heavy atom. The highest BCUT2D eigenvalue weighted by Gasteiger charge is 2.13. The van der Waals surface area contributed by atoms with Crippen molar-refractivity contribution in [3.63, 3.8) is 0 Å². The molecule has 0 saturated heterocycles. The van der Waals surface area contributed by atoms with Gasteiger partial charge in [-0.25, -0.2) is 0 Å². The van der Waals surface area contributed by atoms with Crippen LogP contribution >= 0.6 is 0 Å². The summed E-state index contributed by atoms with van der Waals surface area (Å²) < 4.78 is 5.38. The molecule has 2 nitrogen and oxygen atoms in total. The Balaban J connectivity index is 2.84. The highest BCUT2D eigenvalue weighted by Crippen LogP contribution is 2.26. The molecule has 2 unspecified atom stereocenters. The standard InChI is InChI=1S/C15H21NO/c1-6-7-12(3)16-13(4)14-10-11(2)8-9-15(14)17-5/h1,8-10,12-13,16H,7H2,2-5H3. The first kappa shape index (κ1) is 13.6. The van der Waals surface area contributed by atoms with Crippen molar-refractivity contribution in [1.82, 2.24) is 5.32 Å². The molecule has 0 amide bonds. The summed E-state index contributed by atoms with van der Waals surface area (Å²) >= 11 is 0. The molecule has 0 aliphatic heterocycles. The molecular weight excluding hydrogens is 210 g/mol. The first-order chi connectivity index (χ1) is 8.08. The third kappa shape index (κ3) is 3.80. The number of aryl methyl sites for hydroxylation is 1. The second kappa shape index (κ2) is 6.32. The molecule has 1 rings (SSSR count). The molecule has 1 N–H and O–H groups in total. The van der Waals surface area contributed by atoms with Crippen LogP contribution in [-0.4, -0.2) is 13.2 Å². The van der Waals surface area contributed by atoms with Crippen LogP contribution in [-0.2, 0) is 0 Å². The normalized spacial score (nSPS) is 13.8. The van der Waals surface area contributed by atoms with Crippen molar-refractivity contribution >= 4 is 0 Å². The van der Waals surface area contributed by atoms with Gasteiger partial charge in [-0.1, -0.05) is 17.7 Å². The molecule has 0 bridgehead atoms. The van der Waals surface area contributed by atoms with E-state index in [0.29, 0.717) is 6.04 Å². The van der Waals surface area contributed by atoms with Crippen molar-refractivity contribution in [2.45, 2.75) is 39.3 Å².